The highest BCUT2D eigenvalue weighted by molar-refractivity contribution is 14.1. The first-order chi connectivity index (χ1) is 6.50. The number of piperazine rings is 1. The van der Waals surface area contributed by atoms with Crippen molar-refractivity contribution in [1.29, 1.82) is 0 Å². The molecule has 4 nitrogen and oxygen atoms in total. The highest BCUT2D eigenvalue weighted by atomic mass is 127. The molecule has 0 unspecified atom stereocenters. The molecule has 14 heavy (non-hydrogen) atoms. The molecule has 1 fully saturated rings. The van der Waals surface area contributed by atoms with E-state index >= 15 is 0 Å². The van der Waals surface area contributed by atoms with E-state index in [-0.39, 0.29) is 18.4 Å². The van der Waals surface area contributed by atoms with E-state index in [1.165, 1.54) is 0 Å². The Morgan fingerprint density at radius 1 is 1.64 bits per heavy atom. The van der Waals surface area contributed by atoms with Crippen molar-refractivity contribution in [3.63, 3.8) is 0 Å². The third-order valence-corrected chi connectivity index (χ3v) is 3.24. The van der Waals surface area contributed by atoms with Crippen LogP contribution in [0.3, 0.4) is 0 Å². The molecule has 0 aromatic carbocycles. The van der Waals surface area contributed by atoms with Crippen molar-refractivity contribution in [3.8, 4) is 0 Å². The summed E-state index contributed by atoms with van der Waals surface area (Å²) < 4.78 is 2.19. The van der Waals surface area contributed by atoms with E-state index in [9.17, 15) is 4.79 Å². The molecule has 0 radical (unpaired) electrons. The quantitative estimate of drug-likeness (QED) is 0.601. The van der Waals surface area contributed by atoms with Crippen LogP contribution in [0.25, 0.3) is 0 Å². The van der Waals surface area contributed by atoms with Crippen LogP contribution in [0.4, 0.5) is 0 Å². The van der Waals surface area contributed by atoms with Crippen molar-refractivity contribution in [2.75, 3.05) is 19.6 Å². The first-order valence-electron chi connectivity index (χ1n) is 4.89. The molecule has 2 atom stereocenters. The molecule has 1 saturated heterocycles. The molecule has 0 aromatic heterocycles. The van der Waals surface area contributed by atoms with E-state index in [2.05, 4.69) is 26.0 Å². The standard InChI is InChI=1S/C9H17IN2O2/c1-7-6-11(10)3-4-12(7)9(14)5-8(2)13/h7-8,13H,3-6H2,1-2H3/t7-,8+/m0/s1. The van der Waals surface area contributed by atoms with E-state index in [0.717, 1.165) is 19.6 Å². The lowest BCUT2D eigenvalue weighted by Gasteiger charge is -2.37. The van der Waals surface area contributed by atoms with Gasteiger partial charge in [-0.15, -0.1) is 0 Å². The molecule has 1 heterocycles. The fourth-order valence-corrected chi connectivity index (χ4v) is 2.44. The van der Waals surface area contributed by atoms with Gasteiger partial charge in [0.15, 0.2) is 0 Å². The zero-order chi connectivity index (χ0) is 10.7. The van der Waals surface area contributed by atoms with Gasteiger partial charge in [-0.05, 0) is 13.8 Å². The van der Waals surface area contributed by atoms with Crippen LogP contribution in [0.1, 0.15) is 20.3 Å². The molecule has 0 saturated carbocycles. The van der Waals surface area contributed by atoms with E-state index < -0.39 is 6.10 Å². The number of carbonyl (C=O) groups excluding carboxylic acids is 1. The van der Waals surface area contributed by atoms with Gasteiger partial charge in [-0.1, -0.05) is 0 Å². The summed E-state index contributed by atoms with van der Waals surface area (Å²) in [6, 6.07) is 0.256. The van der Waals surface area contributed by atoms with Crippen LogP contribution >= 0.6 is 22.9 Å². The predicted octanol–water partition coefficient (Wildman–Crippen LogP) is 0.640. The van der Waals surface area contributed by atoms with Gasteiger partial charge in [0, 0.05) is 48.5 Å². The highest BCUT2D eigenvalue weighted by Crippen LogP contribution is 2.14. The first kappa shape index (κ1) is 12.2. The van der Waals surface area contributed by atoms with Crippen molar-refractivity contribution in [1.82, 2.24) is 8.01 Å². The van der Waals surface area contributed by atoms with Gasteiger partial charge in [0.05, 0.1) is 12.5 Å². The van der Waals surface area contributed by atoms with Gasteiger partial charge in [-0.2, -0.15) is 0 Å². The van der Waals surface area contributed by atoms with Gasteiger partial charge in [0.1, 0.15) is 0 Å². The minimum atomic E-state index is -0.535. The Labute approximate surface area is 98.7 Å². The molecule has 0 aromatic rings. The van der Waals surface area contributed by atoms with Crippen molar-refractivity contribution >= 4 is 28.8 Å². The monoisotopic (exact) mass is 312 g/mol. The molecule has 1 aliphatic heterocycles. The highest BCUT2D eigenvalue weighted by Gasteiger charge is 2.26. The number of hydrogen-bond donors (Lipinski definition) is 1. The lowest BCUT2D eigenvalue weighted by Crippen LogP contribution is -2.51. The fourth-order valence-electron chi connectivity index (χ4n) is 1.65. The Morgan fingerprint density at radius 2 is 2.29 bits per heavy atom. The predicted molar refractivity (Wildman–Crippen MR) is 63.1 cm³/mol. The number of aliphatic hydroxyl groups is 1. The molecule has 1 aliphatic rings. The molecule has 1 N–H and O–H groups in total. The normalized spacial score (nSPS) is 26.3. The molecule has 82 valence electrons. The largest absolute Gasteiger partial charge is 0.393 e. The van der Waals surface area contributed by atoms with Gasteiger partial charge in [-0.25, -0.2) is 3.11 Å². The van der Waals surface area contributed by atoms with Gasteiger partial charge in [0.25, 0.3) is 0 Å². The lowest BCUT2D eigenvalue weighted by atomic mass is 10.2. The van der Waals surface area contributed by atoms with Gasteiger partial charge in [-0.3, -0.25) is 4.79 Å². The summed E-state index contributed by atoms with van der Waals surface area (Å²) in [5.41, 5.74) is 0. The second-order valence-electron chi connectivity index (χ2n) is 3.86. The number of carbonyl (C=O) groups is 1. The van der Waals surface area contributed by atoms with E-state index in [4.69, 9.17) is 5.11 Å². The molecule has 0 spiro atoms. The summed E-state index contributed by atoms with van der Waals surface area (Å²) in [6.45, 7) is 6.29. The first-order valence-corrected chi connectivity index (χ1v) is 5.85. The van der Waals surface area contributed by atoms with Gasteiger partial charge >= 0.3 is 0 Å². The average molecular weight is 312 g/mol. The number of hydrogen-bond acceptors (Lipinski definition) is 3. The van der Waals surface area contributed by atoms with Crippen LogP contribution in [-0.2, 0) is 4.79 Å². The summed E-state index contributed by atoms with van der Waals surface area (Å²) in [5, 5.41) is 9.13. The lowest BCUT2D eigenvalue weighted by molar-refractivity contribution is -0.136. The number of rotatable bonds is 2. The Bertz CT molecular complexity index is 211. The maximum absolute atomic E-state index is 11.7. The van der Waals surface area contributed by atoms with Crippen LogP contribution < -0.4 is 0 Å². The van der Waals surface area contributed by atoms with Gasteiger partial charge in [0.2, 0.25) is 5.91 Å². The number of aliphatic hydroxyl groups excluding tert-OH is 1. The minimum absolute atomic E-state index is 0.0667. The molecule has 0 aliphatic carbocycles. The molecule has 1 amide bonds. The summed E-state index contributed by atoms with van der Waals surface area (Å²) in [5.74, 6) is 0.0667. The third kappa shape index (κ3) is 3.36. The summed E-state index contributed by atoms with van der Waals surface area (Å²) in [6.07, 6.45) is -0.293. The SMILES string of the molecule is C[C@@H](O)CC(=O)N1CCN(I)C[C@@H]1C. The van der Waals surface area contributed by atoms with E-state index in [0.29, 0.717) is 0 Å². The van der Waals surface area contributed by atoms with Crippen molar-refractivity contribution in [2.24, 2.45) is 0 Å². The minimum Gasteiger partial charge on any atom is -0.393 e. The topological polar surface area (TPSA) is 43.8 Å². The molecule has 0 bridgehead atoms. The smallest absolute Gasteiger partial charge is 0.225 e. The second kappa shape index (κ2) is 5.27. The fraction of sp³-hybridized carbons (Fsp3) is 0.889. The molecular formula is C9H17IN2O2. The summed E-state index contributed by atoms with van der Waals surface area (Å²) in [4.78, 5) is 13.5. The van der Waals surface area contributed by atoms with Crippen LogP contribution in [0, 0.1) is 0 Å². The maximum atomic E-state index is 11.7. The Morgan fingerprint density at radius 3 is 2.79 bits per heavy atom. The molecule has 1 rings (SSSR count). The summed E-state index contributed by atoms with van der Waals surface area (Å²) >= 11 is 2.28. The van der Waals surface area contributed by atoms with Crippen LogP contribution in [0.15, 0.2) is 0 Å². The average Bonchev–Trinajstić information content (AvgIpc) is 2.01. The second-order valence-corrected chi connectivity index (χ2v) is 5.22. The molecular weight excluding hydrogens is 295 g/mol. The van der Waals surface area contributed by atoms with Crippen molar-refractivity contribution in [3.05, 3.63) is 0 Å². The zero-order valence-electron chi connectivity index (χ0n) is 8.61. The Kier molecular flexibility index (Phi) is 4.59. The van der Waals surface area contributed by atoms with Crippen molar-refractivity contribution in [2.45, 2.75) is 32.4 Å². The Balaban J connectivity index is 2.47. The van der Waals surface area contributed by atoms with E-state index in [1.54, 1.807) is 6.92 Å². The third-order valence-electron chi connectivity index (χ3n) is 2.37. The van der Waals surface area contributed by atoms with Crippen LogP contribution in [-0.4, -0.2) is 50.8 Å². The number of amides is 1. The Hall–Kier alpha value is 0.120. The van der Waals surface area contributed by atoms with Crippen molar-refractivity contribution < 1.29 is 9.90 Å². The van der Waals surface area contributed by atoms with Crippen LogP contribution in [0.5, 0.6) is 0 Å². The van der Waals surface area contributed by atoms with Crippen LogP contribution in [0.2, 0.25) is 0 Å². The molecule has 5 heteroatoms. The van der Waals surface area contributed by atoms with E-state index in [1.807, 2.05) is 11.8 Å². The maximum Gasteiger partial charge on any atom is 0.225 e. The van der Waals surface area contributed by atoms with Gasteiger partial charge < -0.3 is 10.0 Å². The number of nitrogens with zero attached hydrogens (tertiary/aromatic N) is 2. The zero-order valence-corrected chi connectivity index (χ0v) is 10.8. The number of halogens is 1. The summed E-state index contributed by atoms with van der Waals surface area (Å²) in [7, 11) is 0.